The number of rotatable bonds is 8. The lowest BCUT2D eigenvalue weighted by Gasteiger charge is -2.08. The van der Waals surface area contributed by atoms with E-state index in [1.807, 2.05) is 6.07 Å². The zero-order chi connectivity index (χ0) is 13.4. The van der Waals surface area contributed by atoms with E-state index < -0.39 is 5.97 Å². The van der Waals surface area contributed by atoms with Crippen molar-refractivity contribution in [3.63, 3.8) is 0 Å². The lowest BCUT2D eigenvalue weighted by Crippen LogP contribution is -2.03. The van der Waals surface area contributed by atoms with Crippen LogP contribution in [-0.4, -0.2) is 18.2 Å². The molecule has 0 aliphatic rings. The Hall–Kier alpha value is -1.51. The number of aromatic carboxylic acids is 1. The number of carboxylic acid groups (broad SMARTS) is 1. The van der Waals surface area contributed by atoms with Crippen molar-refractivity contribution >= 4 is 5.97 Å². The topological polar surface area (TPSA) is 46.5 Å². The van der Waals surface area contributed by atoms with Crippen LogP contribution < -0.4 is 4.74 Å². The third-order valence-corrected chi connectivity index (χ3v) is 3.09. The highest BCUT2D eigenvalue weighted by molar-refractivity contribution is 5.89. The summed E-state index contributed by atoms with van der Waals surface area (Å²) in [5.41, 5.74) is 1.27. The van der Waals surface area contributed by atoms with E-state index in [1.54, 1.807) is 19.2 Å². The summed E-state index contributed by atoms with van der Waals surface area (Å²) in [6.45, 7) is 2.19. The Labute approximate surface area is 109 Å². The molecule has 1 rings (SSSR count). The van der Waals surface area contributed by atoms with Gasteiger partial charge in [-0.3, -0.25) is 0 Å². The van der Waals surface area contributed by atoms with E-state index in [1.165, 1.54) is 19.3 Å². The first-order valence-corrected chi connectivity index (χ1v) is 6.59. The molecule has 1 N–H and O–H groups in total. The van der Waals surface area contributed by atoms with E-state index >= 15 is 0 Å². The Kier molecular flexibility index (Phi) is 6.26. The zero-order valence-electron chi connectivity index (χ0n) is 11.2. The number of hydrogen-bond acceptors (Lipinski definition) is 2. The van der Waals surface area contributed by atoms with Gasteiger partial charge in [-0.2, -0.15) is 0 Å². The van der Waals surface area contributed by atoms with E-state index in [2.05, 4.69) is 6.92 Å². The van der Waals surface area contributed by atoms with Gasteiger partial charge in [0.1, 0.15) is 5.75 Å². The molecule has 100 valence electrons. The minimum Gasteiger partial charge on any atom is -0.497 e. The highest BCUT2D eigenvalue weighted by Crippen LogP contribution is 2.20. The molecule has 0 fully saturated rings. The Bertz CT molecular complexity index is 385. The summed E-state index contributed by atoms with van der Waals surface area (Å²) in [6.07, 6.45) is 6.70. The average molecular weight is 250 g/mol. The molecule has 3 nitrogen and oxygen atoms in total. The number of carboxylic acids is 1. The zero-order valence-corrected chi connectivity index (χ0v) is 11.2. The number of methoxy groups -OCH3 is 1. The number of unbranched alkanes of at least 4 members (excludes halogenated alkanes) is 4. The number of carbonyl (C=O) groups is 1. The fourth-order valence-electron chi connectivity index (χ4n) is 2.03. The second-order valence-electron chi connectivity index (χ2n) is 4.49. The molecular formula is C15H22O3. The summed E-state index contributed by atoms with van der Waals surface area (Å²) in [5, 5.41) is 9.13. The maximum atomic E-state index is 11.1. The first-order valence-electron chi connectivity index (χ1n) is 6.59. The van der Waals surface area contributed by atoms with Crippen LogP contribution in [0.3, 0.4) is 0 Å². The quantitative estimate of drug-likeness (QED) is 0.712. The lowest BCUT2D eigenvalue weighted by atomic mass is 10.0. The molecule has 0 amide bonds. The van der Waals surface area contributed by atoms with Gasteiger partial charge < -0.3 is 9.84 Å². The van der Waals surface area contributed by atoms with Crippen LogP contribution in [0, 0.1) is 0 Å². The summed E-state index contributed by atoms with van der Waals surface area (Å²) in [6, 6.07) is 5.16. The van der Waals surface area contributed by atoms with Crippen molar-refractivity contribution in [2.75, 3.05) is 7.11 Å². The molecule has 18 heavy (non-hydrogen) atoms. The monoisotopic (exact) mass is 250 g/mol. The van der Waals surface area contributed by atoms with Crippen LogP contribution in [0.5, 0.6) is 5.75 Å². The summed E-state index contributed by atoms with van der Waals surface area (Å²) in [5.74, 6) is -0.134. The van der Waals surface area contributed by atoms with Crippen LogP contribution in [-0.2, 0) is 6.42 Å². The fraction of sp³-hybridized carbons (Fsp3) is 0.533. The normalized spacial score (nSPS) is 10.3. The second kappa shape index (κ2) is 7.75. The maximum Gasteiger partial charge on any atom is 0.335 e. The van der Waals surface area contributed by atoms with Crippen molar-refractivity contribution in [3.8, 4) is 5.75 Å². The molecule has 0 unspecified atom stereocenters. The van der Waals surface area contributed by atoms with Crippen LogP contribution in [0.4, 0.5) is 0 Å². The molecule has 0 aliphatic carbocycles. The van der Waals surface area contributed by atoms with Crippen LogP contribution in [0.15, 0.2) is 18.2 Å². The number of benzene rings is 1. The molecule has 0 atom stereocenters. The van der Waals surface area contributed by atoms with E-state index in [9.17, 15) is 4.79 Å². The Morgan fingerprint density at radius 1 is 1.22 bits per heavy atom. The molecule has 0 bridgehead atoms. The van der Waals surface area contributed by atoms with Crippen molar-refractivity contribution in [2.45, 2.75) is 45.4 Å². The van der Waals surface area contributed by atoms with Crippen molar-refractivity contribution in [3.05, 3.63) is 29.3 Å². The van der Waals surface area contributed by atoms with Gasteiger partial charge in [0.05, 0.1) is 12.7 Å². The van der Waals surface area contributed by atoms with E-state index in [0.29, 0.717) is 5.56 Å². The number of hydrogen-bond donors (Lipinski definition) is 1. The first-order chi connectivity index (χ1) is 8.69. The summed E-state index contributed by atoms with van der Waals surface area (Å²) in [4.78, 5) is 11.1. The van der Waals surface area contributed by atoms with Crippen LogP contribution in [0.1, 0.15) is 54.9 Å². The maximum absolute atomic E-state index is 11.1. The summed E-state index contributed by atoms with van der Waals surface area (Å²) in [7, 11) is 1.60. The predicted molar refractivity (Wildman–Crippen MR) is 72.4 cm³/mol. The van der Waals surface area contributed by atoms with Gasteiger partial charge in [-0.1, -0.05) is 32.6 Å². The van der Waals surface area contributed by atoms with Gasteiger partial charge in [0, 0.05) is 0 Å². The van der Waals surface area contributed by atoms with Gasteiger partial charge in [-0.05, 0) is 36.6 Å². The molecule has 0 radical (unpaired) electrons. The molecule has 0 saturated heterocycles. The standard InChI is InChI=1S/C15H22O3/c1-3-4-5-6-7-8-12-11-13(18-2)9-10-14(12)15(16)17/h9-11H,3-8H2,1-2H3,(H,16,17). The molecular weight excluding hydrogens is 228 g/mol. The smallest absolute Gasteiger partial charge is 0.335 e. The van der Waals surface area contributed by atoms with Crippen molar-refractivity contribution in [1.29, 1.82) is 0 Å². The highest BCUT2D eigenvalue weighted by Gasteiger charge is 2.10. The molecule has 3 heteroatoms. The third-order valence-electron chi connectivity index (χ3n) is 3.09. The van der Waals surface area contributed by atoms with E-state index in [0.717, 1.165) is 30.6 Å². The summed E-state index contributed by atoms with van der Waals surface area (Å²) < 4.78 is 5.14. The van der Waals surface area contributed by atoms with Gasteiger partial charge >= 0.3 is 5.97 Å². The molecule has 1 aromatic rings. The molecule has 0 aliphatic heterocycles. The lowest BCUT2D eigenvalue weighted by molar-refractivity contribution is 0.0695. The largest absolute Gasteiger partial charge is 0.497 e. The molecule has 0 spiro atoms. The van der Waals surface area contributed by atoms with Crippen LogP contribution >= 0.6 is 0 Å². The summed E-state index contributed by atoms with van der Waals surface area (Å²) >= 11 is 0. The molecule has 0 saturated carbocycles. The highest BCUT2D eigenvalue weighted by atomic mass is 16.5. The Morgan fingerprint density at radius 3 is 2.56 bits per heavy atom. The SMILES string of the molecule is CCCCCCCc1cc(OC)ccc1C(=O)O. The van der Waals surface area contributed by atoms with Gasteiger partial charge in [0.2, 0.25) is 0 Å². The predicted octanol–water partition coefficient (Wildman–Crippen LogP) is 3.91. The number of ether oxygens (including phenoxy) is 1. The minimum absolute atomic E-state index is 0.395. The van der Waals surface area contributed by atoms with Crippen molar-refractivity contribution in [1.82, 2.24) is 0 Å². The van der Waals surface area contributed by atoms with Gasteiger partial charge in [0.15, 0.2) is 0 Å². The average Bonchev–Trinajstić information content (AvgIpc) is 2.38. The van der Waals surface area contributed by atoms with Gasteiger partial charge in [0.25, 0.3) is 0 Å². The Balaban J connectivity index is 2.63. The fourth-order valence-corrected chi connectivity index (χ4v) is 2.03. The molecule has 0 aromatic heterocycles. The first kappa shape index (κ1) is 14.6. The minimum atomic E-state index is -0.860. The van der Waals surface area contributed by atoms with Crippen molar-refractivity contribution in [2.24, 2.45) is 0 Å². The van der Waals surface area contributed by atoms with Gasteiger partial charge in [-0.25, -0.2) is 4.79 Å². The van der Waals surface area contributed by atoms with Crippen LogP contribution in [0.25, 0.3) is 0 Å². The van der Waals surface area contributed by atoms with Gasteiger partial charge in [-0.15, -0.1) is 0 Å². The molecule has 1 aromatic carbocycles. The number of aryl methyl sites for hydroxylation is 1. The van der Waals surface area contributed by atoms with E-state index in [-0.39, 0.29) is 0 Å². The van der Waals surface area contributed by atoms with Crippen molar-refractivity contribution < 1.29 is 14.6 Å². The van der Waals surface area contributed by atoms with Crippen LogP contribution in [0.2, 0.25) is 0 Å². The Morgan fingerprint density at radius 2 is 1.94 bits per heavy atom. The molecule has 0 heterocycles. The second-order valence-corrected chi connectivity index (χ2v) is 4.49. The third kappa shape index (κ3) is 4.40. The van der Waals surface area contributed by atoms with E-state index in [4.69, 9.17) is 9.84 Å².